The van der Waals surface area contributed by atoms with E-state index in [9.17, 15) is 13.5 Å². The number of hydrogen-bond acceptors (Lipinski definition) is 3. The maximum absolute atomic E-state index is 12.8. The first-order valence-electron chi connectivity index (χ1n) is 6.51. The van der Waals surface area contributed by atoms with Crippen molar-refractivity contribution in [2.75, 3.05) is 0 Å². The molecule has 0 amide bonds. The standard InChI is InChI=1S/C16H18O3S/c1-12(2)14-8-4-6-10-16(14)20(18,19)15-9-5-3-7-13(15)11-17/h3-10,12,17H,11H2,1-2H3. The Balaban J connectivity index is 2.68. The van der Waals surface area contributed by atoms with Crippen molar-refractivity contribution >= 4 is 9.84 Å². The maximum atomic E-state index is 12.8. The Kier molecular flexibility index (Phi) is 4.26. The van der Waals surface area contributed by atoms with Crippen LogP contribution >= 0.6 is 0 Å². The second-order valence-electron chi connectivity index (χ2n) is 4.96. The van der Waals surface area contributed by atoms with Crippen LogP contribution in [0.1, 0.15) is 30.9 Å². The molecule has 0 bridgehead atoms. The Labute approximate surface area is 119 Å². The van der Waals surface area contributed by atoms with Gasteiger partial charge < -0.3 is 5.11 Å². The Bertz CT molecular complexity index is 703. The molecular weight excluding hydrogens is 272 g/mol. The van der Waals surface area contributed by atoms with Crippen LogP contribution in [0, 0.1) is 0 Å². The minimum Gasteiger partial charge on any atom is -0.392 e. The zero-order chi connectivity index (χ0) is 14.8. The van der Waals surface area contributed by atoms with Crippen LogP contribution in [0.3, 0.4) is 0 Å². The fourth-order valence-electron chi connectivity index (χ4n) is 2.22. The van der Waals surface area contributed by atoms with Gasteiger partial charge in [0, 0.05) is 0 Å². The van der Waals surface area contributed by atoms with Gasteiger partial charge in [-0.1, -0.05) is 50.2 Å². The van der Waals surface area contributed by atoms with Crippen LogP contribution in [0.25, 0.3) is 0 Å². The van der Waals surface area contributed by atoms with Crippen LogP contribution in [0.15, 0.2) is 58.3 Å². The molecule has 0 aliphatic rings. The fraction of sp³-hybridized carbons (Fsp3) is 0.250. The van der Waals surface area contributed by atoms with Crippen LogP contribution in [-0.4, -0.2) is 13.5 Å². The van der Waals surface area contributed by atoms with Crippen molar-refractivity contribution in [1.82, 2.24) is 0 Å². The quantitative estimate of drug-likeness (QED) is 0.941. The zero-order valence-corrected chi connectivity index (χ0v) is 12.4. The lowest BCUT2D eigenvalue weighted by atomic mass is 10.0. The molecule has 0 unspecified atom stereocenters. The lowest BCUT2D eigenvalue weighted by Crippen LogP contribution is -2.09. The molecule has 3 nitrogen and oxygen atoms in total. The molecule has 0 saturated carbocycles. The predicted molar refractivity (Wildman–Crippen MR) is 78.3 cm³/mol. The van der Waals surface area contributed by atoms with E-state index in [0.717, 1.165) is 5.56 Å². The van der Waals surface area contributed by atoms with Gasteiger partial charge in [0.25, 0.3) is 0 Å². The summed E-state index contributed by atoms with van der Waals surface area (Å²) in [5.41, 5.74) is 1.21. The van der Waals surface area contributed by atoms with E-state index >= 15 is 0 Å². The summed E-state index contributed by atoms with van der Waals surface area (Å²) in [5.74, 6) is 0.113. The smallest absolute Gasteiger partial charge is 0.207 e. The highest BCUT2D eigenvalue weighted by Gasteiger charge is 2.24. The van der Waals surface area contributed by atoms with Crippen molar-refractivity contribution in [3.8, 4) is 0 Å². The molecule has 2 aromatic rings. The van der Waals surface area contributed by atoms with E-state index in [4.69, 9.17) is 0 Å². The number of hydrogen-bond donors (Lipinski definition) is 1. The average Bonchev–Trinajstić information content (AvgIpc) is 2.47. The topological polar surface area (TPSA) is 54.4 Å². The lowest BCUT2D eigenvalue weighted by molar-refractivity contribution is 0.278. The highest BCUT2D eigenvalue weighted by Crippen LogP contribution is 2.30. The van der Waals surface area contributed by atoms with Crippen LogP contribution in [0.2, 0.25) is 0 Å². The molecule has 0 aliphatic heterocycles. The van der Waals surface area contributed by atoms with Gasteiger partial charge in [-0.25, -0.2) is 8.42 Å². The first kappa shape index (κ1) is 14.8. The summed E-state index contributed by atoms with van der Waals surface area (Å²) in [6, 6.07) is 13.6. The molecule has 20 heavy (non-hydrogen) atoms. The first-order chi connectivity index (χ1) is 9.48. The van der Waals surface area contributed by atoms with Crippen LogP contribution in [-0.2, 0) is 16.4 Å². The molecule has 106 valence electrons. The average molecular weight is 290 g/mol. The molecule has 0 atom stereocenters. The third-order valence-corrected chi connectivity index (χ3v) is 5.19. The number of rotatable bonds is 4. The summed E-state index contributed by atoms with van der Waals surface area (Å²) in [7, 11) is -3.62. The number of sulfone groups is 1. The number of aliphatic hydroxyl groups excluding tert-OH is 1. The maximum Gasteiger partial charge on any atom is 0.207 e. The third-order valence-electron chi connectivity index (χ3n) is 3.26. The van der Waals surface area contributed by atoms with Crippen molar-refractivity contribution in [3.05, 3.63) is 59.7 Å². The SMILES string of the molecule is CC(C)c1ccccc1S(=O)(=O)c1ccccc1CO. The summed E-state index contributed by atoms with van der Waals surface area (Å²) in [4.78, 5) is 0.492. The van der Waals surface area contributed by atoms with Gasteiger partial charge in [-0.2, -0.15) is 0 Å². The molecule has 4 heteroatoms. The van der Waals surface area contributed by atoms with Gasteiger partial charge in [0.05, 0.1) is 16.4 Å². The number of aliphatic hydroxyl groups is 1. The zero-order valence-electron chi connectivity index (χ0n) is 11.6. The second kappa shape index (κ2) is 5.77. The molecule has 0 heterocycles. The minimum atomic E-state index is -3.62. The Morgan fingerprint density at radius 2 is 1.50 bits per heavy atom. The minimum absolute atomic E-state index is 0.113. The van der Waals surface area contributed by atoms with Gasteiger partial charge >= 0.3 is 0 Å². The van der Waals surface area contributed by atoms with Gasteiger partial charge in [0.1, 0.15) is 0 Å². The van der Waals surface area contributed by atoms with E-state index in [0.29, 0.717) is 10.5 Å². The van der Waals surface area contributed by atoms with Crippen LogP contribution in [0.5, 0.6) is 0 Å². The molecule has 1 N–H and O–H groups in total. The molecule has 0 saturated heterocycles. The van der Waals surface area contributed by atoms with Gasteiger partial charge in [-0.05, 0) is 29.2 Å². The molecule has 2 aromatic carbocycles. The first-order valence-corrected chi connectivity index (χ1v) is 7.99. The van der Waals surface area contributed by atoms with Crippen molar-refractivity contribution in [3.63, 3.8) is 0 Å². The largest absolute Gasteiger partial charge is 0.392 e. The Morgan fingerprint density at radius 3 is 2.10 bits per heavy atom. The molecule has 0 fully saturated rings. The summed E-state index contributed by atoms with van der Waals surface area (Å²) >= 11 is 0. The van der Waals surface area contributed by atoms with Crippen LogP contribution < -0.4 is 0 Å². The summed E-state index contributed by atoms with van der Waals surface area (Å²) in [6.45, 7) is 3.64. The van der Waals surface area contributed by atoms with Gasteiger partial charge in [0.2, 0.25) is 9.84 Å². The summed E-state index contributed by atoms with van der Waals surface area (Å²) in [5, 5.41) is 9.34. The van der Waals surface area contributed by atoms with E-state index in [-0.39, 0.29) is 17.4 Å². The monoisotopic (exact) mass is 290 g/mol. The predicted octanol–water partition coefficient (Wildman–Crippen LogP) is 3.14. The third kappa shape index (κ3) is 2.62. The van der Waals surface area contributed by atoms with E-state index in [1.54, 1.807) is 30.3 Å². The van der Waals surface area contributed by atoms with Gasteiger partial charge in [-0.3, -0.25) is 0 Å². The summed E-state index contributed by atoms with van der Waals surface area (Å²) in [6.07, 6.45) is 0. The second-order valence-corrected chi connectivity index (χ2v) is 6.85. The van der Waals surface area contributed by atoms with E-state index in [1.165, 1.54) is 6.07 Å². The summed E-state index contributed by atoms with van der Waals surface area (Å²) < 4.78 is 25.7. The number of benzene rings is 2. The normalized spacial score (nSPS) is 11.8. The van der Waals surface area contributed by atoms with Crippen molar-refractivity contribution in [1.29, 1.82) is 0 Å². The highest BCUT2D eigenvalue weighted by molar-refractivity contribution is 7.91. The fourth-order valence-corrected chi connectivity index (χ4v) is 4.06. The van der Waals surface area contributed by atoms with E-state index in [1.807, 2.05) is 26.0 Å². The van der Waals surface area contributed by atoms with Crippen LogP contribution in [0.4, 0.5) is 0 Å². The molecule has 0 spiro atoms. The van der Waals surface area contributed by atoms with E-state index in [2.05, 4.69) is 0 Å². The van der Waals surface area contributed by atoms with Gasteiger partial charge in [-0.15, -0.1) is 0 Å². The molecular formula is C16H18O3S. The Morgan fingerprint density at radius 1 is 0.950 bits per heavy atom. The molecule has 0 aliphatic carbocycles. The van der Waals surface area contributed by atoms with Gasteiger partial charge in [0.15, 0.2) is 0 Å². The molecule has 0 radical (unpaired) electrons. The molecule has 0 aromatic heterocycles. The lowest BCUT2D eigenvalue weighted by Gasteiger charge is -2.14. The molecule has 2 rings (SSSR count). The van der Waals surface area contributed by atoms with Crippen molar-refractivity contribution in [2.24, 2.45) is 0 Å². The van der Waals surface area contributed by atoms with Crippen molar-refractivity contribution < 1.29 is 13.5 Å². The highest BCUT2D eigenvalue weighted by atomic mass is 32.2. The van der Waals surface area contributed by atoms with Crippen molar-refractivity contribution in [2.45, 2.75) is 36.2 Å². The Hall–Kier alpha value is -1.65. The van der Waals surface area contributed by atoms with E-state index < -0.39 is 9.84 Å².